The molecule has 0 saturated carbocycles. The average molecular weight is 211 g/mol. The van der Waals surface area contributed by atoms with Gasteiger partial charge in [-0.25, -0.2) is 0 Å². The maximum atomic E-state index is 11.3. The summed E-state index contributed by atoms with van der Waals surface area (Å²) in [6.07, 6.45) is 0. The lowest BCUT2D eigenvalue weighted by Gasteiger charge is -2.08. The standard InChI is InChI=1S/C10H13NO2S/c1-11(2)10(13)14-9-5-3-8(7-12)4-6-9/h3-6,12H,7H2,1-2H3. The highest BCUT2D eigenvalue weighted by Gasteiger charge is 2.05. The van der Waals surface area contributed by atoms with Crippen molar-refractivity contribution in [3.05, 3.63) is 29.8 Å². The Bertz CT molecular complexity index is 308. The van der Waals surface area contributed by atoms with E-state index in [1.54, 1.807) is 14.1 Å². The molecule has 1 aromatic carbocycles. The number of thioether (sulfide) groups is 1. The number of carbonyl (C=O) groups excluding carboxylic acids is 1. The van der Waals surface area contributed by atoms with Gasteiger partial charge in [0.05, 0.1) is 6.61 Å². The highest BCUT2D eigenvalue weighted by Crippen LogP contribution is 2.20. The van der Waals surface area contributed by atoms with E-state index in [1.807, 2.05) is 24.3 Å². The van der Waals surface area contributed by atoms with E-state index >= 15 is 0 Å². The van der Waals surface area contributed by atoms with Gasteiger partial charge in [-0.05, 0) is 29.5 Å². The average Bonchev–Trinajstić information content (AvgIpc) is 2.19. The lowest BCUT2D eigenvalue weighted by molar-refractivity contribution is 0.241. The van der Waals surface area contributed by atoms with Gasteiger partial charge in [-0.1, -0.05) is 12.1 Å². The minimum absolute atomic E-state index is 0.00162. The topological polar surface area (TPSA) is 40.5 Å². The maximum Gasteiger partial charge on any atom is 0.285 e. The van der Waals surface area contributed by atoms with Gasteiger partial charge >= 0.3 is 0 Å². The summed E-state index contributed by atoms with van der Waals surface area (Å²) in [5.74, 6) is 0. The SMILES string of the molecule is CN(C)C(=O)Sc1ccc(CO)cc1. The normalized spacial score (nSPS) is 9.93. The van der Waals surface area contributed by atoms with Crippen LogP contribution < -0.4 is 0 Å². The van der Waals surface area contributed by atoms with Crippen LogP contribution in [0.4, 0.5) is 4.79 Å². The molecule has 0 fully saturated rings. The Hall–Kier alpha value is -1.00. The second-order valence-electron chi connectivity index (χ2n) is 3.06. The number of nitrogens with zero attached hydrogens (tertiary/aromatic N) is 1. The first-order valence-electron chi connectivity index (χ1n) is 4.22. The lowest BCUT2D eigenvalue weighted by atomic mass is 10.2. The van der Waals surface area contributed by atoms with Crippen molar-refractivity contribution in [2.24, 2.45) is 0 Å². The second-order valence-corrected chi connectivity index (χ2v) is 4.09. The van der Waals surface area contributed by atoms with Crippen LogP contribution in [0.1, 0.15) is 5.56 Å². The fraction of sp³-hybridized carbons (Fsp3) is 0.300. The smallest absolute Gasteiger partial charge is 0.285 e. The zero-order valence-electron chi connectivity index (χ0n) is 8.23. The van der Waals surface area contributed by atoms with Crippen LogP contribution in [0.2, 0.25) is 0 Å². The summed E-state index contributed by atoms with van der Waals surface area (Å²) in [6, 6.07) is 7.28. The van der Waals surface area contributed by atoms with E-state index in [0.717, 1.165) is 10.5 Å². The van der Waals surface area contributed by atoms with E-state index in [1.165, 1.54) is 16.7 Å². The van der Waals surface area contributed by atoms with Crippen molar-refractivity contribution in [1.82, 2.24) is 4.90 Å². The Balaban J connectivity index is 2.64. The van der Waals surface area contributed by atoms with Crippen molar-refractivity contribution in [3.63, 3.8) is 0 Å². The molecular weight excluding hydrogens is 198 g/mol. The quantitative estimate of drug-likeness (QED) is 0.760. The molecule has 1 rings (SSSR count). The summed E-state index contributed by atoms with van der Waals surface area (Å²) in [6.45, 7) is 0.0343. The predicted molar refractivity (Wildman–Crippen MR) is 57.3 cm³/mol. The van der Waals surface area contributed by atoms with Gasteiger partial charge in [-0.2, -0.15) is 0 Å². The molecule has 1 aromatic rings. The van der Waals surface area contributed by atoms with Gasteiger partial charge in [0, 0.05) is 19.0 Å². The van der Waals surface area contributed by atoms with E-state index in [-0.39, 0.29) is 11.8 Å². The van der Waals surface area contributed by atoms with Crippen molar-refractivity contribution < 1.29 is 9.90 Å². The van der Waals surface area contributed by atoms with Crippen LogP contribution in [-0.4, -0.2) is 29.3 Å². The summed E-state index contributed by atoms with van der Waals surface area (Å²) in [4.78, 5) is 13.7. The molecule has 0 unspecified atom stereocenters. The van der Waals surface area contributed by atoms with Crippen molar-refractivity contribution in [2.45, 2.75) is 11.5 Å². The molecule has 0 aliphatic rings. The predicted octanol–water partition coefficient (Wildman–Crippen LogP) is 1.95. The molecule has 0 heterocycles. The molecule has 0 spiro atoms. The van der Waals surface area contributed by atoms with Crippen LogP contribution in [-0.2, 0) is 6.61 Å². The number of benzene rings is 1. The zero-order valence-corrected chi connectivity index (χ0v) is 9.04. The number of hydrogen-bond acceptors (Lipinski definition) is 3. The van der Waals surface area contributed by atoms with E-state index < -0.39 is 0 Å². The summed E-state index contributed by atoms with van der Waals surface area (Å²) in [5.41, 5.74) is 0.853. The third-order valence-corrected chi connectivity index (χ3v) is 2.72. The molecule has 4 heteroatoms. The van der Waals surface area contributed by atoms with Gasteiger partial charge in [0.1, 0.15) is 0 Å². The molecule has 0 aliphatic heterocycles. The van der Waals surface area contributed by atoms with E-state index in [9.17, 15) is 4.79 Å². The number of rotatable bonds is 2. The molecule has 1 amide bonds. The Morgan fingerprint density at radius 1 is 1.36 bits per heavy atom. The minimum Gasteiger partial charge on any atom is -0.392 e. The number of amides is 1. The third-order valence-electron chi connectivity index (χ3n) is 1.68. The Labute approximate surface area is 87.7 Å². The van der Waals surface area contributed by atoms with Crippen molar-refractivity contribution in [2.75, 3.05) is 14.1 Å². The van der Waals surface area contributed by atoms with Gasteiger partial charge in [-0.15, -0.1) is 0 Å². The molecule has 14 heavy (non-hydrogen) atoms. The Kier molecular flexibility index (Phi) is 3.98. The molecule has 0 atom stereocenters. The zero-order chi connectivity index (χ0) is 10.6. The lowest BCUT2D eigenvalue weighted by Crippen LogP contribution is -2.15. The van der Waals surface area contributed by atoms with Crippen LogP contribution in [0.5, 0.6) is 0 Å². The second kappa shape index (κ2) is 5.02. The summed E-state index contributed by atoms with van der Waals surface area (Å²) in [7, 11) is 3.44. The molecule has 0 aromatic heterocycles. The highest BCUT2D eigenvalue weighted by molar-refractivity contribution is 8.13. The van der Waals surface area contributed by atoms with Gasteiger partial charge < -0.3 is 10.0 Å². The van der Waals surface area contributed by atoms with Crippen LogP contribution in [0.25, 0.3) is 0 Å². The van der Waals surface area contributed by atoms with Crippen LogP contribution in [0.3, 0.4) is 0 Å². The Morgan fingerprint density at radius 2 is 1.93 bits per heavy atom. The molecular formula is C10H13NO2S. The first-order valence-corrected chi connectivity index (χ1v) is 5.04. The summed E-state index contributed by atoms with van der Waals surface area (Å²) in [5, 5.41) is 8.82. The fourth-order valence-corrected chi connectivity index (χ4v) is 1.51. The largest absolute Gasteiger partial charge is 0.392 e. The van der Waals surface area contributed by atoms with Crippen LogP contribution in [0.15, 0.2) is 29.2 Å². The summed E-state index contributed by atoms with van der Waals surface area (Å²) >= 11 is 1.18. The summed E-state index contributed by atoms with van der Waals surface area (Å²) < 4.78 is 0. The maximum absolute atomic E-state index is 11.3. The van der Waals surface area contributed by atoms with E-state index in [0.29, 0.717) is 0 Å². The highest BCUT2D eigenvalue weighted by atomic mass is 32.2. The van der Waals surface area contributed by atoms with E-state index in [2.05, 4.69) is 0 Å². The minimum atomic E-state index is 0.00162. The Morgan fingerprint density at radius 3 is 2.36 bits per heavy atom. The molecule has 0 saturated heterocycles. The molecule has 0 radical (unpaired) electrons. The van der Waals surface area contributed by atoms with Crippen molar-refractivity contribution >= 4 is 17.0 Å². The van der Waals surface area contributed by atoms with Gasteiger partial charge in [0.15, 0.2) is 0 Å². The van der Waals surface area contributed by atoms with Crippen LogP contribution >= 0.6 is 11.8 Å². The molecule has 0 bridgehead atoms. The fourth-order valence-electron chi connectivity index (χ4n) is 0.855. The molecule has 3 nitrogen and oxygen atoms in total. The molecule has 0 aliphatic carbocycles. The number of aliphatic hydroxyl groups is 1. The van der Waals surface area contributed by atoms with Gasteiger partial charge in [-0.3, -0.25) is 4.79 Å². The monoisotopic (exact) mass is 211 g/mol. The van der Waals surface area contributed by atoms with Gasteiger partial charge in [0.25, 0.3) is 5.24 Å². The molecule has 76 valence electrons. The number of aliphatic hydroxyl groups excluding tert-OH is 1. The third kappa shape index (κ3) is 3.05. The van der Waals surface area contributed by atoms with Crippen LogP contribution in [0, 0.1) is 0 Å². The van der Waals surface area contributed by atoms with Gasteiger partial charge in [0.2, 0.25) is 0 Å². The molecule has 1 N–H and O–H groups in total. The van der Waals surface area contributed by atoms with Crippen molar-refractivity contribution in [3.8, 4) is 0 Å². The van der Waals surface area contributed by atoms with E-state index in [4.69, 9.17) is 5.11 Å². The van der Waals surface area contributed by atoms with Crippen molar-refractivity contribution in [1.29, 1.82) is 0 Å². The first-order chi connectivity index (χ1) is 6.63. The first kappa shape index (κ1) is 11.1. The number of hydrogen-bond donors (Lipinski definition) is 1. The number of carbonyl (C=O) groups is 1.